The summed E-state index contributed by atoms with van der Waals surface area (Å²) in [6.07, 6.45) is 46.7. The zero-order valence-corrected chi connectivity index (χ0v) is 36.5. The third-order valence-electron chi connectivity index (χ3n) is 9.63. The lowest BCUT2D eigenvalue weighted by atomic mass is 10.1. The zero-order valence-electron chi connectivity index (χ0n) is 36.5. The molecule has 0 aromatic carbocycles. The van der Waals surface area contributed by atoms with Crippen LogP contribution in [0.1, 0.15) is 174 Å². The summed E-state index contributed by atoms with van der Waals surface area (Å²) in [6.45, 7) is 4.55. The Bertz CT molecular complexity index is 1100. The molecule has 0 saturated heterocycles. The van der Waals surface area contributed by atoms with Gasteiger partial charge in [0.05, 0.1) is 40.3 Å². The van der Waals surface area contributed by atoms with E-state index in [-0.39, 0.29) is 49.1 Å². The summed E-state index contributed by atoms with van der Waals surface area (Å²) in [4.78, 5) is 36.8. The summed E-state index contributed by atoms with van der Waals surface area (Å²) < 4.78 is 17.1. The fourth-order valence-electron chi connectivity index (χ4n) is 6.12. The molecule has 0 aliphatic carbocycles. The number of unbranched alkanes of at least 4 members (excludes halogenated alkanes) is 15. The van der Waals surface area contributed by atoms with Gasteiger partial charge >= 0.3 is 11.9 Å². The molecule has 322 valence electrons. The molecule has 0 aromatic heterocycles. The highest BCUT2D eigenvalue weighted by Crippen LogP contribution is 2.13. The largest absolute Gasteiger partial charge is 0.544 e. The van der Waals surface area contributed by atoms with Crippen LogP contribution in [0.5, 0.6) is 0 Å². The van der Waals surface area contributed by atoms with Gasteiger partial charge in [0.25, 0.3) is 0 Å². The van der Waals surface area contributed by atoms with Crippen LogP contribution in [0, 0.1) is 0 Å². The Morgan fingerprint density at radius 3 is 1.50 bits per heavy atom. The number of hydrogen-bond donors (Lipinski definition) is 0. The van der Waals surface area contributed by atoms with E-state index in [1.807, 2.05) is 0 Å². The van der Waals surface area contributed by atoms with Crippen LogP contribution in [0.2, 0.25) is 0 Å². The summed E-state index contributed by atoms with van der Waals surface area (Å²) in [5.74, 6) is -1.82. The monoisotopic (exact) mass is 786 g/mol. The molecule has 0 rings (SSSR count). The molecule has 0 radical (unpaired) electrons. The van der Waals surface area contributed by atoms with E-state index in [9.17, 15) is 19.5 Å². The zero-order chi connectivity index (χ0) is 41.4. The quantitative estimate of drug-likeness (QED) is 0.0265. The van der Waals surface area contributed by atoms with Crippen LogP contribution >= 0.6 is 0 Å². The second-order valence-electron chi connectivity index (χ2n) is 15.9. The molecule has 0 bridgehead atoms. The van der Waals surface area contributed by atoms with Gasteiger partial charge in [-0.15, -0.1) is 0 Å². The number of carbonyl (C=O) groups is 3. The highest BCUT2D eigenvalue weighted by Gasteiger charge is 2.25. The lowest BCUT2D eigenvalue weighted by Crippen LogP contribution is -2.55. The minimum Gasteiger partial charge on any atom is -0.544 e. The maximum absolute atomic E-state index is 12.7. The Hall–Kier alpha value is -2.97. The first-order chi connectivity index (χ1) is 27.1. The van der Waals surface area contributed by atoms with Crippen LogP contribution in [0.15, 0.2) is 60.8 Å². The molecule has 0 aliphatic heterocycles. The first kappa shape index (κ1) is 53.0. The molecule has 0 heterocycles. The van der Waals surface area contributed by atoms with E-state index in [2.05, 4.69) is 74.6 Å². The van der Waals surface area contributed by atoms with Crippen molar-refractivity contribution >= 4 is 17.9 Å². The third kappa shape index (κ3) is 36.7. The molecule has 2 atom stereocenters. The molecule has 0 amide bonds. The van der Waals surface area contributed by atoms with Crippen molar-refractivity contribution in [3.8, 4) is 0 Å². The summed E-state index contributed by atoms with van der Waals surface area (Å²) >= 11 is 0. The number of allylic oxidation sites excluding steroid dienone is 10. The van der Waals surface area contributed by atoms with E-state index in [0.717, 1.165) is 44.9 Å². The van der Waals surface area contributed by atoms with Crippen LogP contribution < -0.4 is 5.11 Å². The first-order valence-electron chi connectivity index (χ1n) is 22.3. The van der Waals surface area contributed by atoms with E-state index in [1.165, 1.54) is 89.9 Å². The highest BCUT2D eigenvalue weighted by atomic mass is 16.6. The number of nitrogens with zero attached hydrogens (tertiary/aromatic N) is 1. The van der Waals surface area contributed by atoms with E-state index >= 15 is 0 Å². The first-order valence-corrected chi connectivity index (χ1v) is 22.3. The summed E-state index contributed by atoms with van der Waals surface area (Å²) in [6, 6.07) is -0.736. The summed E-state index contributed by atoms with van der Waals surface area (Å²) in [7, 11) is 5.38. The molecule has 56 heavy (non-hydrogen) atoms. The molecular weight excluding hydrogens is 703 g/mol. The summed E-state index contributed by atoms with van der Waals surface area (Å²) in [5.41, 5.74) is 0. The van der Waals surface area contributed by atoms with Crippen molar-refractivity contribution in [2.75, 3.05) is 41.0 Å². The lowest BCUT2D eigenvalue weighted by Gasteiger charge is -2.34. The maximum atomic E-state index is 12.7. The SMILES string of the molecule is CCCCC/C=C/C/C=C/C/C=C/C/C=C/CCCC(=O)OCC(COCCC(C(=O)[O-])[N+](C)(C)C)OC(=O)CCCCCCCCC/C=C/CCCCCC. The van der Waals surface area contributed by atoms with Crippen molar-refractivity contribution in [3.05, 3.63) is 60.8 Å². The minimum absolute atomic E-state index is 0.0200. The Kier molecular flexibility index (Phi) is 36.8. The standard InChI is InChI=1S/C48H83NO7/c1-6-8-10-12-14-16-18-20-22-23-25-26-28-30-32-34-36-38-46(50)55-43-44(42-54-41-40-45(48(52)53)49(3,4)5)56-47(51)39-37-35-33-31-29-27-24-21-19-17-15-13-11-9-7-2/h14,16-17,19-20,22,25-26,30,32,44-45H,6-13,15,18,21,23-24,27-29,31,33-43H2,1-5H3/b16-14+,19-17+,22-20+,26-25+,32-30+. The smallest absolute Gasteiger partial charge is 0.306 e. The van der Waals surface area contributed by atoms with Crippen LogP contribution in [-0.4, -0.2) is 75.5 Å². The van der Waals surface area contributed by atoms with Crippen molar-refractivity contribution in [1.82, 2.24) is 0 Å². The van der Waals surface area contributed by atoms with Crippen molar-refractivity contribution in [1.29, 1.82) is 0 Å². The maximum Gasteiger partial charge on any atom is 0.306 e. The van der Waals surface area contributed by atoms with E-state index in [1.54, 1.807) is 21.1 Å². The second kappa shape index (κ2) is 38.9. The molecule has 2 unspecified atom stereocenters. The second-order valence-corrected chi connectivity index (χ2v) is 15.9. The van der Waals surface area contributed by atoms with Crippen LogP contribution in [-0.2, 0) is 28.6 Å². The molecule has 8 heteroatoms. The number of hydrogen-bond acceptors (Lipinski definition) is 7. The lowest BCUT2D eigenvalue weighted by molar-refractivity contribution is -0.889. The Morgan fingerprint density at radius 1 is 0.536 bits per heavy atom. The van der Waals surface area contributed by atoms with Crippen molar-refractivity contribution in [2.24, 2.45) is 0 Å². The van der Waals surface area contributed by atoms with Crippen molar-refractivity contribution in [2.45, 2.75) is 187 Å². The van der Waals surface area contributed by atoms with Crippen LogP contribution in [0.4, 0.5) is 0 Å². The molecule has 0 saturated carbocycles. The van der Waals surface area contributed by atoms with Gasteiger partial charge in [-0.2, -0.15) is 0 Å². The fraction of sp³-hybridized carbons (Fsp3) is 0.729. The number of carbonyl (C=O) groups excluding carboxylic acids is 3. The van der Waals surface area contributed by atoms with Gasteiger partial charge < -0.3 is 28.6 Å². The van der Waals surface area contributed by atoms with Crippen molar-refractivity contribution in [3.63, 3.8) is 0 Å². The number of likely N-dealkylation sites (N-methyl/N-ethyl adjacent to an activating group) is 1. The van der Waals surface area contributed by atoms with Gasteiger partial charge in [0.15, 0.2) is 6.10 Å². The Balaban J connectivity index is 4.45. The van der Waals surface area contributed by atoms with Gasteiger partial charge in [-0.25, -0.2) is 0 Å². The van der Waals surface area contributed by atoms with Gasteiger partial charge in [-0.3, -0.25) is 9.59 Å². The van der Waals surface area contributed by atoms with Gasteiger partial charge in [0.1, 0.15) is 12.6 Å². The fourth-order valence-corrected chi connectivity index (χ4v) is 6.12. The van der Waals surface area contributed by atoms with Gasteiger partial charge in [-0.1, -0.05) is 139 Å². The number of carboxylic acid groups (broad SMARTS) is 1. The average Bonchev–Trinajstić information content (AvgIpc) is 3.15. The predicted molar refractivity (Wildman–Crippen MR) is 231 cm³/mol. The van der Waals surface area contributed by atoms with E-state index < -0.39 is 18.1 Å². The third-order valence-corrected chi connectivity index (χ3v) is 9.63. The molecular formula is C48H83NO7. The van der Waals surface area contributed by atoms with Crippen LogP contribution in [0.25, 0.3) is 0 Å². The highest BCUT2D eigenvalue weighted by molar-refractivity contribution is 5.70. The summed E-state index contributed by atoms with van der Waals surface area (Å²) in [5, 5.41) is 11.6. The normalized spacial score (nSPS) is 13.5. The predicted octanol–water partition coefficient (Wildman–Crippen LogP) is 10.9. The number of rotatable bonds is 39. The number of ether oxygens (including phenoxy) is 3. The van der Waals surface area contributed by atoms with Gasteiger partial charge in [0, 0.05) is 19.3 Å². The van der Waals surface area contributed by atoms with Crippen molar-refractivity contribution < 1.29 is 38.2 Å². The average molecular weight is 786 g/mol. The molecule has 0 aliphatic rings. The van der Waals surface area contributed by atoms with E-state index in [4.69, 9.17) is 14.2 Å². The molecule has 0 spiro atoms. The number of aliphatic carboxylic acids is 1. The molecule has 0 aromatic rings. The number of esters is 2. The Labute approximate surface area is 343 Å². The topological polar surface area (TPSA) is 102 Å². The minimum atomic E-state index is -1.13. The molecule has 0 fully saturated rings. The van der Waals surface area contributed by atoms with Gasteiger partial charge in [0.2, 0.25) is 0 Å². The van der Waals surface area contributed by atoms with E-state index in [0.29, 0.717) is 12.8 Å². The molecule has 0 N–H and O–H groups in total. The van der Waals surface area contributed by atoms with Gasteiger partial charge in [-0.05, 0) is 77.0 Å². The molecule has 8 nitrogen and oxygen atoms in total. The number of carboxylic acids is 1. The Morgan fingerprint density at radius 2 is 0.964 bits per heavy atom. The number of quaternary nitrogens is 1. The van der Waals surface area contributed by atoms with Crippen LogP contribution in [0.3, 0.4) is 0 Å².